The quantitative estimate of drug-likeness (QED) is 0.0277. The fraction of sp³-hybridized carbons (Fsp3) is 0.468. The van der Waals surface area contributed by atoms with Crippen LogP contribution >= 0.6 is 0 Å². The zero-order valence-electron chi connectivity index (χ0n) is 32.8. The molecule has 8 nitrogen and oxygen atoms in total. The molecule has 55 heavy (non-hydrogen) atoms. The number of rotatable bonds is 31. The first-order chi connectivity index (χ1) is 27.0. The first-order valence-corrected chi connectivity index (χ1v) is 20.3. The van der Waals surface area contributed by atoms with Gasteiger partial charge in [0.2, 0.25) is 0 Å². The lowest BCUT2D eigenvalue weighted by Crippen LogP contribution is -2.08. The zero-order valence-corrected chi connectivity index (χ0v) is 32.8. The molecule has 0 spiro atoms. The summed E-state index contributed by atoms with van der Waals surface area (Å²) in [6.45, 7) is 9.13. The molecular formula is C47H62O8. The molecule has 0 bridgehead atoms. The van der Waals surface area contributed by atoms with E-state index in [0.29, 0.717) is 37.7 Å². The molecule has 0 unspecified atom stereocenters. The van der Waals surface area contributed by atoms with Crippen LogP contribution in [0.3, 0.4) is 0 Å². The largest absolute Gasteiger partial charge is 0.494 e. The van der Waals surface area contributed by atoms with Crippen LogP contribution in [0, 0.1) is 0 Å². The lowest BCUT2D eigenvalue weighted by molar-refractivity contribution is -0.138. The van der Waals surface area contributed by atoms with E-state index < -0.39 is 5.97 Å². The van der Waals surface area contributed by atoms with Gasteiger partial charge in [-0.05, 0) is 85.3 Å². The smallest absolute Gasteiger partial charge is 0.343 e. The van der Waals surface area contributed by atoms with Crippen molar-refractivity contribution in [3.8, 4) is 28.4 Å². The highest BCUT2D eigenvalue weighted by molar-refractivity contribution is 5.91. The summed E-state index contributed by atoms with van der Waals surface area (Å²) in [7, 11) is 0. The normalized spacial score (nSPS) is 10.7. The van der Waals surface area contributed by atoms with Gasteiger partial charge >= 0.3 is 17.9 Å². The minimum atomic E-state index is -0.404. The molecule has 0 atom stereocenters. The van der Waals surface area contributed by atoms with E-state index in [9.17, 15) is 14.4 Å². The van der Waals surface area contributed by atoms with Gasteiger partial charge in [0, 0.05) is 12.2 Å². The summed E-state index contributed by atoms with van der Waals surface area (Å²) in [5.74, 6) is 1.01. The molecule has 3 aromatic rings. The Hall–Kier alpha value is -4.85. The summed E-state index contributed by atoms with van der Waals surface area (Å²) >= 11 is 0. The van der Waals surface area contributed by atoms with Gasteiger partial charge in [0.05, 0.1) is 32.0 Å². The van der Waals surface area contributed by atoms with E-state index in [1.165, 1.54) is 76.4 Å². The Balaban J connectivity index is 1.20. The minimum absolute atomic E-state index is 0.340. The van der Waals surface area contributed by atoms with Crippen molar-refractivity contribution in [3.63, 3.8) is 0 Å². The van der Waals surface area contributed by atoms with E-state index in [2.05, 4.69) is 13.2 Å². The second-order valence-electron chi connectivity index (χ2n) is 13.8. The first kappa shape index (κ1) is 44.5. The van der Waals surface area contributed by atoms with Gasteiger partial charge in [-0.1, -0.05) is 127 Å². The molecule has 0 aliphatic heterocycles. The third-order valence-corrected chi connectivity index (χ3v) is 9.28. The van der Waals surface area contributed by atoms with Gasteiger partial charge in [-0.2, -0.15) is 0 Å². The Morgan fingerprint density at radius 3 is 1.09 bits per heavy atom. The van der Waals surface area contributed by atoms with Crippen molar-refractivity contribution < 1.29 is 38.1 Å². The van der Waals surface area contributed by atoms with Crippen molar-refractivity contribution in [2.45, 2.75) is 116 Å². The maximum Gasteiger partial charge on any atom is 0.343 e. The Labute approximate surface area is 329 Å². The summed E-state index contributed by atoms with van der Waals surface area (Å²) < 4.78 is 27.4. The van der Waals surface area contributed by atoms with Crippen LogP contribution in [0.25, 0.3) is 11.1 Å². The number of carbonyl (C=O) groups is 3. The molecule has 0 saturated heterocycles. The van der Waals surface area contributed by atoms with Crippen molar-refractivity contribution in [3.05, 3.63) is 104 Å². The molecule has 8 heteroatoms. The van der Waals surface area contributed by atoms with Crippen LogP contribution in [0.4, 0.5) is 0 Å². The van der Waals surface area contributed by atoms with Gasteiger partial charge in [-0.15, -0.1) is 0 Å². The van der Waals surface area contributed by atoms with E-state index in [1.54, 1.807) is 24.3 Å². The summed E-state index contributed by atoms with van der Waals surface area (Å²) in [5, 5.41) is 0. The topological polar surface area (TPSA) is 97.4 Å². The van der Waals surface area contributed by atoms with Crippen molar-refractivity contribution >= 4 is 17.9 Å². The third kappa shape index (κ3) is 20.4. The molecule has 0 fully saturated rings. The van der Waals surface area contributed by atoms with Crippen molar-refractivity contribution in [2.24, 2.45) is 0 Å². The van der Waals surface area contributed by atoms with Crippen molar-refractivity contribution in [2.75, 3.05) is 26.4 Å². The summed E-state index contributed by atoms with van der Waals surface area (Å²) in [5.41, 5.74) is 2.55. The van der Waals surface area contributed by atoms with Crippen LogP contribution in [-0.2, 0) is 19.1 Å². The molecule has 3 aromatic carbocycles. The predicted octanol–water partition coefficient (Wildman–Crippen LogP) is 11.8. The van der Waals surface area contributed by atoms with E-state index in [0.717, 1.165) is 74.0 Å². The average Bonchev–Trinajstić information content (AvgIpc) is 3.21. The van der Waals surface area contributed by atoms with Crippen LogP contribution in [0.1, 0.15) is 126 Å². The molecule has 0 radical (unpaired) electrons. The number of benzene rings is 3. The van der Waals surface area contributed by atoms with Gasteiger partial charge in [-0.25, -0.2) is 14.4 Å². The van der Waals surface area contributed by atoms with Crippen molar-refractivity contribution in [1.82, 2.24) is 0 Å². The fourth-order valence-electron chi connectivity index (χ4n) is 6.04. The van der Waals surface area contributed by atoms with Crippen LogP contribution in [0.2, 0.25) is 0 Å². The monoisotopic (exact) mass is 754 g/mol. The minimum Gasteiger partial charge on any atom is -0.494 e. The Kier molecular flexibility index (Phi) is 23.1. The lowest BCUT2D eigenvalue weighted by Gasteiger charge is -2.09. The Morgan fingerprint density at radius 2 is 0.709 bits per heavy atom. The SMILES string of the molecule is C=CC(=O)OCCCCCCCCCCCOc1ccc(OC(=O)c2ccc(-c3ccc(OCCCCCCCCCCCOC(=O)C=C)cc3)cc2)cc1. The molecule has 0 aliphatic rings. The first-order valence-electron chi connectivity index (χ1n) is 20.3. The molecule has 0 heterocycles. The number of carbonyl (C=O) groups excluding carboxylic acids is 3. The summed E-state index contributed by atoms with van der Waals surface area (Å²) in [6.07, 6.45) is 22.9. The van der Waals surface area contributed by atoms with Crippen LogP contribution in [0.15, 0.2) is 98.1 Å². The highest BCUT2D eigenvalue weighted by Crippen LogP contribution is 2.24. The molecule has 0 aromatic heterocycles. The molecule has 3 rings (SSSR count). The number of ether oxygens (including phenoxy) is 5. The van der Waals surface area contributed by atoms with Gasteiger partial charge in [0.15, 0.2) is 0 Å². The average molecular weight is 755 g/mol. The van der Waals surface area contributed by atoms with E-state index >= 15 is 0 Å². The standard InChI is InChI=1S/C47H62O8/c1-3-45(48)53-37-21-17-13-9-5-7-11-15-19-35-51-42-29-27-40(28-30-42)39-23-25-41(26-24-39)47(50)55-44-33-31-43(32-34-44)52-36-20-16-12-8-6-10-14-18-22-38-54-46(49)4-2/h3-4,23-34H,1-2,5-22,35-38H2. The number of unbranched alkanes of at least 4 members (excludes halogenated alkanes) is 16. The molecule has 0 amide bonds. The third-order valence-electron chi connectivity index (χ3n) is 9.28. The molecule has 0 N–H and O–H groups in total. The Bertz CT molecular complexity index is 1510. The number of hydrogen-bond acceptors (Lipinski definition) is 8. The second kappa shape index (κ2) is 28.6. The van der Waals surface area contributed by atoms with E-state index in [-0.39, 0.29) is 11.9 Å². The van der Waals surface area contributed by atoms with E-state index in [1.807, 2.05) is 48.5 Å². The van der Waals surface area contributed by atoms with Crippen LogP contribution in [-0.4, -0.2) is 44.3 Å². The maximum atomic E-state index is 12.8. The second-order valence-corrected chi connectivity index (χ2v) is 13.8. The Morgan fingerprint density at radius 1 is 0.400 bits per heavy atom. The summed E-state index contributed by atoms with van der Waals surface area (Å²) in [4.78, 5) is 34.8. The molecular weight excluding hydrogens is 693 g/mol. The predicted molar refractivity (Wildman–Crippen MR) is 220 cm³/mol. The maximum absolute atomic E-state index is 12.8. The number of hydrogen-bond donors (Lipinski definition) is 0. The highest BCUT2D eigenvalue weighted by Gasteiger charge is 2.10. The van der Waals surface area contributed by atoms with Crippen LogP contribution in [0.5, 0.6) is 17.2 Å². The van der Waals surface area contributed by atoms with Gasteiger partial charge in [0.1, 0.15) is 17.2 Å². The van der Waals surface area contributed by atoms with Gasteiger partial charge < -0.3 is 23.7 Å². The molecule has 0 saturated carbocycles. The van der Waals surface area contributed by atoms with E-state index in [4.69, 9.17) is 23.7 Å². The van der Waals surface area contributed by atoms with Crippen LogP contribution < -0.4 is 14.2 Å². The zero-order chi connectivity index (χ0) is 39.2. The van der Waals surface area contributed by atoms with Crippen molar-refractivity contribution in [1.29, 1.82) is 0 Å². The van der Waals surface area contributed by atoms with Gasteiger partial charge in [-0.3, -0.25) is 0 Å². The summed E-state index contributed by atoms with van der Waals surface area (Å²) in [6, 6.07) is 22.7. The number of esters is 3. The van der Waals surface area contributed by atoms with Gasteiger partial charge in [0.25, 0.3) is 0 Å². The highest BCUT2D eigenvalue weighted by atomic mass is 16.5. The molecule has 298 valence electrons. The fourth-order valence-corrected chi connectivity index (χ4v) is 6.04. The molecule has 0 aliphatic carbocycles. The lowest BCUT2D eigenvalue weighted by atomic mass is 10.0.